The van der Waals surface area contributed by atoms with Gasteiger partial charge in [0.15, 0.2) is 5.82 Å². The van der Waals surface area contributed by atoms with Gasteiger partial charge in [-0.1, -0.05) is 24.3 Å². The Bertz CT molecular complexity index is 552. The molecule has 3 N–H and O–H groups in total. The Balaban J connectivity index is 2.21. The molecular formula is C15H20N4. The van der Waals surface area contributed by atoms with Gasteiger partial charge in [-0.15, -0.1) is 0 Å². The van der Waals surface area contributed by atoms with Crippen molar-refractivity contribution >= 4 is 5.69 Å². The quantitative estimate of drug-likeness (QED) is 0.807. The summed E-state index contributed by atoms with van der Waals surface area (Å²) in [6.45, 7) is 5.61. The van der Waals surface area contributed by atoms with Gasteiger partial charge in [0, 0.05) is 12.1 Å². The van der Waals surface area contributed by atoms with Crippen LogP contribution in [0, 0.1) is 13.8 Å². The molecule has 1 aromatic carbocycles. The number of aromatic nitrogens is 2. The molecule has 1 aromatic heterocycles. The van der Waals surface area contributed by atoms with Gasteiger partial charge in [-0.05, 0) is 32.4 Å². The maximum atomic E-state index is 5.48. The highest BCUT2D eigenvalue weighted by atomic mass is 15.0. The van der Waals surface area contributed by atoms with Gasteiger partial charge < -0.3 is 11.1 Å². The predicted octanol–water partition coefficient (Wildman–Crippen LogP) is 2.52. The van der Waals surface area contributed by atoms with Crippen LogP contribution in [0.1, 0.15) is 17.7 Å². The Morgan fingerprint density at radius 3 is 2.68 bits per heavy atom. The van der Waals surface area contributed by atoms with Crippen molar-refractivity contribution < 1.29 is 0 Å². The van der Waals surface area contributed by atoms with Crippen LogP contribution in [0.3, 0.4) is 0 Å². The Labute approximate surface area is 114 Å². The number of hydrogen-bond donors (Lipinski definition) is 2. The van der Waals surface area contributed by atoms with Gasteiger partial charge in [0.2, 0.25) is 0 Å². The summed E-state index contributed by atoms with van der Waals surface area (Å²) in [6, 6.07) is 8.15. The van der Waals surface area contributed by atoms with Crippen LogP contribution in [0.5, 0.6) is 0 Å². The third kappa shape index (κ3) is 3.29. The molecule has 0 amide bonds. The first-order valence-corrected chi connectivity index (χ1v) is 6.56. The van der Waals surface area contributed by atoms with Crippen molar-refractivity contribution in [1.29, 1.82) is 0 Å². The molecule has 0 unspecified atom stereocenters. The summed E-state index contributed by atoms with van der Waals surface area (Å²) in [4.78, 5) is 9.02. The Hall–Kier alpha value is -1.94. The summed E-state index contributed by atoms with van der Waals surface area (Å²) in [5, 5.41) is 3.30. The van der Waals surface area contributed by atoms with Crippen molar-refractivity contribution in [3.05, 3.63) is 41.7 Å². The van der Waals surface area contributed by atoms with Gasteiger partial charge in [0.1, 0.15) is 0 Å². The number of nitrogens with two attached hydrogens (primary N) is 1. The van der Waals surface area contributed by atoms with Gasteiger partial charge in [0.25, 0.3) is 0 Å². The lowest BCUT2D eigenvalue weighted by molar-refractivity contribution is 0.870. The molecule has 0 saturated carbocycles. The van der Waals surface area contributed by atoms with Crippen molar-refractivity contribution in [1.82, 2.24) is 9.97 Å². The number of hydrogen-bond acceptors (Lipinski definition) is 4. The SMILES string of the molecule is Cc1ccccc1-c1ncc(NCCCN)c(C)n1. The maximum Gasteiger partial charge on any atom is 0.159 e. The minimum absolute atomic E-state index is 0.689. The molecule has 4 nitrogen and oxygen atoms in total. The predicted molar refractivity (Wildman–Crippen MR) is 79.1 cm³/mol. The third-order valence-corrected chi connectivity index (χ3v) is 3.06. The van der Waals surface area contributed by atoms with Crippen LogP contribution in [0.25, 0.3) is 11.4 Å². The number of benzene rings is 1. The second-order valence-electron chi connectivity index (χ2n) is 4.58. The molecule has 100 valence electrons. The lowest BCUT2D eigenvalue weighted by atomic mass is 10.1. The van der Waals surface area contributed by atoms with Crippen molar-refractivity contribution in [3.8, 4) is 11.4 Å². The van der Waals surface area contributed by atoms with Crippen LogP contribution in [0.2, 0.25) is 0 Å². The number of anilines is 1. The van der Waals surface area contributed by atoms with Gasteiger partial charge in [-0.2, -0.15) is 0 Å². The summed E-state index contributed by atoms with van der Waals surface area (Å²) in [6.07, 6.45) is 2.79. The number of nitrogens with zero attached hydrogens (tertiary/aromatic N) is 2. The van der Waals surface area contributed by atoms with Crippen molar-refractivity contribution in [3.63, 3.8) is 0 Å². The van der Waals surface area contributed by atoms with Gasteiger partial charge >= 0.3 is 0 Å². The third-order valence-electron chi connectivity index (χ3n) is 3.06. The van der Waals surface area contributed by atoms with Gasteiger partial charge in [-0.3, -0.25) is 0 Å². The summed E-state index contributed by atoms with van der Waals surface area (Å²) >= 11 is 0. The molecule has 0 aliphatic carbocycles. The Morgan fingerprint density at radius 2 is 2.00 bits per heavy atom. The zero-order chi connectivity index (χ0) is 13.7. The number of rotatable bonds is 5. The molecule has 19 heavy (non-hydrogen) atoms. The lowest BCUT2D eigenvalue weighted by Gasteiger charge is -2.10. The van der Waals surface area contributed by atoms with E-state index in [2.05, 4.69) is 28.3 Å². The highest BCUT2D eigenvalue weighted by Crippen LogP contribution is 2.21. The van der Waals surface area contributed by atoms with Crippen LogP contribution in [0.4, 0.5) is 5.69 Å². The fraction of sp³-hybridized carbons (Fsp3) is 0.333. The first-order valence-electron chi connectivity index (χ1n) is 6.56. The van der Waals surface area contributed by atoms with E-state index in [1.165, 1.54) is 5.56 Å². The van der Waals surface area contributed by atoms with Crippen LogP contribution < -0.4 is 11.1 Å². The molecular weight excluding hydrogens is 236 g/mol. The molecule has 0 radical (unpaired) electrons. The molecule has 0 fully saturated rings. The van der Waals surface area contributed by atoms with E-state index in [1.807, 2.05) is 31.3 Å². The summed E-state index contributed by atoms with van der Waals surface area (Å²) < 4.78 is 0. The molecule has 0 bridgehead atoms. The topological polar surface area (TPSA) is 63.8 Å². The lowest BCUT2D eigenvalue weighted by Crippen LogP contribution is -2.10. The second-order valence-corrected chi connectivity index (χ2v) is 4.58. The van der Waals surface area contributed by atoms with E-state index in [4.69, 9.17) is 5.73 Å². The summed E-state index contributed by atoms with van der Waals surface area (Å²) in [7, 11) is 0. The fourth-order valence-corrected chi connectivity index (χ4v) is 1.92. The summed E-state index contributed by atoms with van der Waals surface area (Å²) in [5.41, 5.74) is 9.69. The van der Waals surface area contributed by atoms with Crippen molar-refractivity contribution in [2.75, 3.05) is 18.4 Å². The smallest absolute Gasteiger partial charge is 0.159 e. The minimum Gasteiger partial charge on any atom is -0.382 e. The molecule has 0 aliphatic rings. The van der Waals surface area contributed by atoms with E-state index in [0.29, 0.717) is 6.54 Å². The fourth-order valence-electron chi connectivity index (χ4n) is 1.92. The molecule has 0 saturated heterocycles. The zero-order valence-corrected chi connectivity index (χ0v) is 11.5. The van der Waals surface area contributed by atoms with Crippen LogP contribution in [-0.4, -0.2) is 23.1 Å². The standard InChI is InChI=1S/C15H20N4/c1-11-6-3-4-7-13(11)15-18-10-14(12(2)19-15)17-9-5-8-16/h3-4,6-7,10,17H,5,8-9,16H2,1-2H3. The van der Waals surface area contributed by atoms with E-state index in [0.717, 1.165) is 35.7 Å². The van der Waals surface area contributed by atoms with Gasteiger partial charge in [-0.25, -0.2) is 9.97 Å². The highest BCUT2D eigenvalue weighted by molar-refractivity contribution is 5.61. The highest BCUT2D eigenvalue weighted by Gasteiger charge is 2.07. The van der Waals surface area contributed by atoms with E-state index < -0.39 is 0 Å². The second kappa shape index (κ2) is 6.29. The molecule has 4 heteroatoms. The average molecular weight is 256 g/mol. The summed E-state index contributed by atoms with van der Waals surface area (Å²) in [5.74, 6) is 0.778. The zero-order valence-electron chi connectivity index (χ0n) is 11.5. The number of nitrogens with one attached hydrogen (secondary N) is 1. The number of aryl methyl sites for hydroxylation is 2. The van der Waals surface area contributed by atoms with E-state index in [1.54, 1.807) is 0 Å². The van der Waals surface area contributed by atoms with Gasteiger partial charge in [0.05, 0.1) is 17.6 Å². The van der Waals surface area contributed by atoms with E-state index >= 15 is 0 Å². The molecule has 0 atom stereocenters. The van der Waals surface area contributed by atoms with Crippen molar-refractivity contribution in [2.24, 2.45) is 5.73 Å². The molecule has 2 rings (SSSR count). The largest absolute Gasteiger partial charge is 0.382 e. The average Bonchev–Trinajstić information content (AvgIpc) is 2.41. The molecule has 0 spiro atoms. The normalized spacial score (nSPS) is 10.5. The molecule has 1 heterocycles. The van der Waals surface area contributed by atoms with E-state index in [-0.39, 0.29) is 0 Å². The van der Waals surface area contributed by atoms with Crippen LogP contribution >= 0.6 is 0 Å². The first kappa shape index (κ1) is 13.5. The Kier molecular flexibility index (Phi) is 4.47. The monoisotopic (exact) mass is 256 g/mol. The minimum atomic E-state index is 0.689. The maximum absolute atomic E-state index is 5.48. The Morgan fingerprint density at radius 1 is 1.21 bits per heavy atom. The van der Waals surface area contributed by atoms with Crippen LogP contribution in [0.15, 0.2) is 30.5 Å². The van der Waals surface area contributed by atoms with Crippen molar-refractivity contribution in [2.45, 2.75) is 20.3 Å². The van der Waals surface area contributed by atoms with Crippen LogP contribution in [-0.2, 0) is 0 Å². The molecule has 2 aromatic rings. The van der Waals surface area contributed by atoms with E-state index in [9.17, 15) is 0 Å². The molecule has 0 aliphatic heterocycles. The first-order chi connectivity index (χ1) is 9.22.